The molecule has 0 saturated heterocycles. The normalized spacial score (nSPS) is 12.8. The van der Waals surface area contributed by atoms with E-state index in [0.717, 1.165) is 0 Å². The molecule has 3 rings (SSSR count). The van der Waals surface area contributed by atoms with Crippen LogP contribution in [0, 0.1) is 6.92 Å². The van der Waals surface area contributed by atoms with Gasteiger partial charge in [0, 0.05) is 0 Å². The van der Waals surface area contributed by atoms with E-state index in [1.165, 1.54) is 30.4 Å². The van der Waals surface area contributed by atoms with Crippen LogP contribution in [-0.4, -0.2) is 0 Å². The highest BCUT2D eigenvalue weighted by atomic mass is 14.1. The van der Waals surface area contributed by atoms with E-state index < -0.39 is 0 Å². The van der Waals surface area contributed by atoms with Crippen molar-refractivity contribution in [3.8, 4) is 0 Å². The van der Waals surface area contributed by atoms with Crippen LogP contribution in [0.2, 0.25) is 0 Å². The number of fused-ring (bicyclic) bond motifs is 1. The van der Waals surface area contributed by atoms with Crippen molar-refractivity contribution in [2.24, 2.45) is 0 Å². The van der Waals surface area contributed by atoms with Gasteiger partial charge < -0.3 is 0 Å². The summed E-state index contributed by atoms with van der Waals surface area (Å²) >= 11 is 0. The Morgan fingerprint density at radius 1 is 0.789 bits per heavy atom. The highest BCUT2D eigenvalue weighted by Gasteiger charge is 2.07. The molecule has 100 valence electrons. The molecule has 0 nitrogen and oxygen atoms in total. The van der Waals surface area contributed by atoms with Crippen molar-refractivity contribution in [1.29, 1.82) is 0 Å². The minimum Gasteiger partial charge on any atom is -0.0620 e. The van der Waals surface area contributed by atoms with Gasteiger partial charge in [-0.1, -0.05) is 67.9 Å². The third kappa shape index (κ3) is 3.96. The van der Waals surface area contributed by atoms with Gasteiger partial charge in [-0.25, -0.2) is 0 Å². The molecule has 2 aromatic carbocycles. The van der Waals surface area contributed by atoms with Crippen molar-refractivity contribution >= 4 is 0 Å². The molecule has 2 aromatic rings. The summed E-state index contributed by atoms with van der Waals surface area (Å²) in [5.41, 5.74) is 5.89. The molecule has 0 unspecified atom stereocenters. The first-order valence-electron chi connectivity index (χ1n) is 7.30. The largest absolute Gasteiger partial charge is 0.0620 e. The lowest BCUT2D eigenvalue weighted by Crippen LogP contribution is -1.85. The number of hydrogen-bond donors (Lipinski definition) is 0. The number of aryl methyl sites for hydroxylation is 3. The van der Waals surface area contributed by atoms with Crippen molar-refractivity contribution in [3.05, 3.63) is 70.8 Å². The maximum Gasteiger partial charge on any atom is -0.0219 e. The Balaban J connectivity index is 0.000000141. The first kappa shape index (κ1) is 13.9. The van der Waals surface area contributed by atoms with Crippen molar-refractivity contribution < 1.29 is 0 Å². The summed E-state index contributed by atoms with van der Waals surface area (Å²) in [7, 11) is 0. The second kappa shape index (κ2) is 6.56. The second-order valence-corrected chi connectivity index (χ2v) is 5.69. The topological polar surface area (TPSA) is 0 Å². The average Bonchev–Trinajstić information content (AvgIpc) is 2.88. The molecule has 0 aliphatic heterocycles. The van der Waals surface area contributed by atoms with Crippen LogP contribution in [0.25, 0.3) is 0 Å². The second-order valence-electron chi connectivity index (χ2n) is 5.69. The van der Waals surface area contributed by atoms with E-state index in [9.17, 15) is 0 Å². The molecule has 19 heavy (non-hydrogen) atoms. The zero-order chi connectivity index (χ0) is 13.7. The Morgan fingerprint density at radius 3 is 1.79 bits per heavy atom. The van der Waals surface area contributed by atoms with Gasteiger partial charge in [-0.3, -0.25) is 0 Å². The minimum absolute atomic E-state index is 0.653. The molecular weight excluding hydrogens is 228 g/mol. The minimum atomic E-state index is 0.653. The van der Waals surface area contributed by atoms with E-state index >= 15 is 0 Å². The molecule has 0 aromatic heterocycles. The Labute approximate surface area is 117 Å². The molecule has 0 heteroatoms. The van der Waals surface area contributed by atoms with Gasteiger partial charge in [0.25, 0.3) is 0 Å². The summed E-state index contributed by atoms with van der Waals surface area (Å²) in [5, 5.41) is 0. The SMILES string of the molecule is Cc1ccc(C(C)C)cc1.c1ccc2c(c1)CCC2. The van der Waals surface area contributed by atoms with Gasteiger partial charge in [0.1, 0.15) is 0 Å². The quantitative estimate of drug-likeness (QED) is 0.646. The molecule has 0 saturated carbocycles. The van der Waals surface area contributed by atoms with E-state index in [2.05, 4.69) is 69.3 Å². The Kier molecular flexibility index (Phi) is 4.79. The lowest BCUT2D eigenvalue weighted by atomic mass is 10.0. The molecule has 1 aliphatic rings. The fourth-order valence-corrected chi connectivity index (χ4v) is 2.47. The van der Waals surface area contributed by atoms with Gasteiger partial charge >= 0.3 is 0 Å². The predicted molar refractivity (Wildman–Crippen MR) is 83.7 cm³/mol. The fourth-order valence-electron chi connectivity index (χ4n) is 2.47. The van der Waals surface area contributed by atoms with E-state index in [0.29, 0.717) is 5.92 Å². The Morgan fingerprint density at radius 2 is 1.32 bits per heavy atom. The molecular formula is C19H24. The molecule has 0 bridgehead atoms. The summed E-state index contributed by atoms with van der Waals surface area (Å²) in [5.74, 6) is 0.653. The van der Waals surface area contributed by atoms with Crippen molar-refractivity contribution in [3.63, 3.8) is 0 Å². The average molecular weight is 252 g/mol. The number of hydrogen-bond acceptors (Lipinski definition) is 0. The first-order valence-corrected chi connectivity index (χ1v) is 7.30. The molecule has 0 spiro atoms. The van der Waals surface area contributed by atoms with Crippen LogP contribution >= 0.6 is 0 Å². The summed E-state index contributed by atoms with van der Waals surface area (Å²) < 4.78 is 0. The standard InChI is InChI=1S/C10H14.C9H10/c1-8(2)10-6-4-9(3)5-7-10;1-2-5-9-7-3-6-8(9)4-1/h4-8H,1-3H3;1-2,4-5H,3,6-7H2. The van der Waals surface area contributed by atoms with E-state index in [4.69, 9.17) is 0 Å². The Hall–Kier alpha value is -1.56. The summed E-state index contributed by atoms with van der Waals surface area (Å²) in [6, 6.07) is 17.4. The van der Waals surface area contributed by atoms with Crippen LogP contribution in [-0.2, 0) is 12.8 Å². The lowest BCUT2D eigenvalue weighted by Gasteiger charge is -2.03. The van der Waals surface area contributed by atoms with Gasteiger partial charge in [-0.05, 0) is 48.8 Å². The van der Waals surface area contributed by atoms with Crippen LogP contribution in [0.4, 0.5) is 0 Å². The van der Waals surface area contributed by atoms with E-state index in [1.807, 2.05) is 0 Å². The molecule has 0 fully saturated rings. The zero-order valence-corrected chi connectivity index (χ0v) is 12.3. The predicted octanol–water partition coefficient (Wildman–Crippen LogP) is 5.29. The smallest absolute Gasteiger partial charge is 0.0219 e. The molecule has 1 aliphatic carbocycles. The third-order valence-corrected chi connectivity index (χ3v) is 3.75. The first-order chi connectivity index (χ1) is 9.16. The van der Waals surface area contributed by atoms with Gasteiger partial charge in [0.05, 0.1) is 0 Å². The fraction of sp³-hybridized carbons (Fsp3) is 0.368. The number of benzene rings is 2. The summed E-state index contributed by atoms with van der Waals surface area (Å²) in [4.78, 5) is 0. The van der Waals surface area contributed by atoms with Crippen molar-refractivity contribution in [1.82, 2.24) is 0 Å². The molecule has 0 N–H and O–H groups in total. The zero-order valence-electron chi connectivity index (χ0n) is 12.3. The van der Waals surface area contributed by atoms with Gasteiger partial charge in [0.2, 0.25) is 0 Å². The van der Waals surface area contributed by atoms with E-state index in [1.54, 1.807) is 11.1 Å². The van der Waals surface area contributed by atoms with Gasteiger partial charge in [0.15, 0.2) is 0 Å². The molecule has 0 atom stereocenters. The highest BCUT2D eigenvalue weighted by Crippen LogP contribution is 2.20. The maximum atomic E-state index is 2.24. The summed E-state index contributed by atoms with van der Waals surface area (Å²) in [6.07, 6.45) is 3.96. The third-order valence-electron chi connectivity index (χ3n) is 3.75. The van der Waals surface area contributed by atoms with E-state index in [-0.39, 0.29) is 0 Å². The van der Waals surface area contributed by atoms with Crippen LogP contribution in [0.15, 0.2) is 48.5 Å². The van der Waals surface area contributed by atoms with Crippen molar-refractivity contribution in [2.75, 3.05) is 0 Å². The Bertz CT molecular complexity index is 483. The number of rotatable bonds is 1. The monoisotopic (exact) mass is 252 g/mol. The molecule has 0 radical (unpaired) electrons. The maximum absolute atomic E-state index is 2.24. The molecule has 0 heterocycles. The van der Waals surface area contributed by atoms with Crippen LogP contribution in [0.3, 0.4) is 0 Å². The van der Waals surface area contributed by atoms with Crippen LogP contribution < -0.4 is 0 Å². The van der Waals surface area contributed by atoms with Gasteiger partial charge in [-0.15, -0.1) is 0 Å². The van der Waals surface area contributed by atoms with Crippen LogP contribution in [0.1, 0.15) is 48.4 Å². The lowest BCUT2D eigenvalue weighted by molar-refractivity contribution is 0.866. The summed E-state index contributed by atoms with van der Waals surface area (Å²) in [6.45, 7) is 6.54. The molecule has 0 amide bonds. The van der Waals surface area contributed by atoms with Crippen molar-refractivity contribution in [2.45, 2.75) is 46.0 Å². The van der Waals surface area contributed by atoms with Crippen LogP contribution in [0.5, 0.6) is 0 Å². The van der Waals surface area contributed by atoms with Gasteiger partial charge in [-0.2, -0.15) is 0 Å². The highest BCUT2D eigenvalue weighted by molar-refractivity contribution is 5.30.